The van der Waals surface area contributed by atoms with Gasteiger partial charge in [-0.3, -0.25) is 9.78 Å². The Morgan fingerprint density at radius 1 is 1.20 bits per heavy atom. The van der Waals surface area contributed by atoms with Crippen molar-refractivity contribution in [1.82, 2.24) is 24.9 Å². The molecule has 0 fully saturated rings. The lowest BCUT2D eigenvalue weighted by atomic mass is 10.2. The fraction of sp³-hybridized carbons (Fsp3) is 0.333. The number of carbonyl (C=O) groups is 1. The smallest absolute Gasteiger partial charge is 0.251 e. The van der Waals surface area contributed by atoms with Crippen molar-refractivity contribution in [3.63, 3.8) is 0 Å². The van der Waals surface area contributed by atoms with Crippen molar-refractivity contribution >= 4 is 17.4 Å². The maximum Gasteiger partial charge on any atom is 0.251 e. The highest BCUT2D eigenvalue weighted by molar-refractivity contribution is 5.93. The van der Waals surface area contributed by atoms with E-state index >= 15 is 0 Å². The van der Waals surface area contributed by atoms with E-state index in [0.717, 1.165) is 34.8 Å². The Bertz CT molecular complexity index is 887. The molecule has 0 spiro atoms. The molecule has 7 heteroatoms. The van der Waals surface area contributed by atoms with Crippen LogP contribution in [0.25, 0.3) is 5.65 Å². The van der Waals surface area contributed by atoms with E-state index in [0.29, 0.717) is 18.7 Å². The normalized spacial score (nSPS) is 10.8. The lowest BCUT2D eigenvalue weighted by molar-refractivity contribution is 0.0955. The molecule has 25 heavy (non-hydrogen) atoms. The van der Waals surface area contributed by atoms with Gasteiger partial charge in [-0.2, -0.15) is 9.61 Å². The first-order valence-corrected chi connectivity index (χ1v) is 8.38. The minimum Gasteiger partial charge on any atom is -0.368 e. The molecule has 0 bridgehead atoms. The largest absolute Gasteiger partial charge is 0.368 e. The minimum atomic E-state index is -0.107. The second-order valence-corrected chi connectivity index (χ2v) is 5.85. The topological polar surface area (TPSA) is 84.2 Å². The zero-order valence-electron chi connectivity index (χ0n) is 14.7. The van der Waals surface area contributed by atoms with Crippen LogP contribution in [0.1, 0.15) is 34.2 Å². The Kier molecular flexibility index (Phi) is 4.92. The van der Waals surface area contributed by atoms with Gasteiger partial charge in [0.2, 0.25) is 0 Å². The number of nitrogens with one attached hydrogen (secondary N) is 2. The molecule has 7 nitrogen and oxygen atoms in total. The Morgan fingerprint density at radius 3 is 2.68 bits per heavy atom. The van der Waals surface area contributed by atoms with Crippen molar-refractivity contribution in [2.75, 3.05) is 18.4 Å². The van der Waals surface area contributed by atoms with Crippen LogP contribution in [-0.2, 0) is 6.42 Å². The number of rotatable bonds is 6. The molecule has 0 aliphatic heterocycles. The van der Waals surface area contributed by atoms with Gasteiger partial charge in [-0.1, -0.05) is 6.92 Å². The van der Waals surface area contributed by atoms with Crippen LogP contribution in [0.5, 0.6) is 0 Å². The van der Waals surface area contributed by atoms with Gasteiger partial charge in [-0.05, 0) is 32.4 Å². The highest BCUT2D eigenvalue weighted by atomic mass is 16.1. The summed E-state index contributed by atoms with van der Waals surface area (Å²) in [5.41, 5.74) is 4.55. The van der Waals surface area contributed by atoms with Crippen molar-refractivity contribution in [3.05, 3.63) is 53.1 Å². The molecular weight excluding hydrogens is 316 g/mol. The molecule has 0 saturated heterocycles. The molecule has 0 unspecified atom stereocenters. The van der Waals surface area contributed by atoms with Crippen LogP contribution in [-0.4, -0.2) is 38.6 Å². The Balaban J connectivity index is 1.67. The predicted octanol–water partition coefficient (Wildman–Crippen LogP) is 2.15. The van der Waals surface area contributed by atoms with Crippen LogP contribution in [0.15, 0.2) is 30.6 Å². The summed E-state index contributed by atoms with van der Waals surface area (Å²) in [4.78, 5) is 20.6. The highest BCUT2D eigenvalue weighted by Gasteiger charge is 2.11. The van der Waals surface area contributed by atoms with E-state index in [2.05, 4.69) is 32.6 Å². The Labute approximate surface area is 146 Å². The number of aryl methyl sites for hydroxylation is 3. The summed E-state index contributed by atoms with van der Waals surface area (Å²) in [7, 11) is 0. The third kappa shape index (κ3) is 3.60. The second kappa shape index (κ2) is 7.29. The number of anilines is 1. The molecule has 0 aliphatic carbocycles. The van der Waals surface area contributed by atoms with E-state index in [-0.39, 0.29) is 5.91 Å². The van der Waals surface area contributed by atoms with Crippen LogP contribution in [0, 0.1) is 13.8 Å². The molecule has 3 heterocycles. The first-order valence-electron chi connectivity index (χ1n) is 8.38. The molecule has 0 aliphatic rings. The highest BCUT2D eigenvalue weighted by Crippen LogP contribution is 2.18. The van der Waals surface area contributed by atoms with Gasteiger partial charge in [0.25, 0.3) is 5.91 Å². The number of nitrogens with zero attached hydrogens (tertiary/aromatic N) is 4. The summed E-state index contributed by atoms with van der Waals surface area (Å²) < 4.78 is 1.83. The maximum absolute atomic E-state index is 12.0. The summed E-state index contributed by atoms with van der Waals surface area (Å²) in [6.07, 6.45) is 4.07. The van der Waals surface area contributed by atoms with Crippen molar-refractivity contribution in [1.29, 1.82) is 0 Å². The molecule has 3 aromatic rings. The average Bonchev–Trinajstić information content (AvgIpc) is 2.93. The third-order valence-corrected chi connectivity index (χ3v) is 4.13. The SMILES string of the molecule is CCc1cc(NCCNC(=O)c2ccncc2)n2nc(C)c(C)c2n1. The van der Waals surface area contributed by atoms with E-state index in [1.807, 2.05) is 24.4 Å². The van der Waals surface area contributed by atoms with Gasteiger partial charge in [0.05, 0.1) is 5.69 Å². The molecule has 0 saturated carbocycles. The number of aromatic nitrogens is 4. The van der Waals surface area contributed by atoms with E-state index in [9.17, 15) is 4.79 Å². The lowest BCUT2D eigenvalue weighted by Gasteiger charge is -2.11. The summed E-state index contributed by atoms with van der Waals surface area (Å²) in [5, 5.41) is 10.8. The number of hydrogen-bond acceptors (Lipinski definition) is 5. The lowest BCUT2D eigenvalue weighted by Crippen LogP contribution is -2.29. The Hall–Kier alpha value is -2.96. The van der Waals surface area contributed by atoms with Gasteiger partial charge < -0.3 is 10.6 Å². The summed E-state index contributed by atoms with van der Waals surface area (Å²) in [6.45, 7) is 7.19. The molecule has 1 amide bonds. The fourth-order valence-corrected chi connectivity index (χ4v) is 2.56. The van der Waals surface area contributed by atoms with Gasteiger partial charge in [0.1, 0.15) is 5.82 Å². The summed E-state index contributed by atoms with van der Waals surface area (Å²) in [5.74, 6) is 0.778. The molecule has 130 valence electrons. The monoisotopic (exact) mass is 338 g/mol. The van der Waals surface area contributed by atoms with E-state index in [1.54, 1.807) is 24.5 Å². The molecule has 0 radical (unpaired) electrons. The van der Waals surface area contributed by atoms with Gasteiger partial charge in [0, 0.05) is 48.4 Å². The fourth-order valence-electron chi connectivity index (χ4n) is 2.56. The number of hydrogen-bond donors (Lipinski definition) is 2. The van der Waals surface area contributed by atoms with Gasteiger partial charge in [0.15, 0.2) is 5.65 Å². The minimum absolute atomic E-state index is 0.107. The summed E-state index contributed by atoms with van der Waals surface area (Å²) >= 11 is 0. The van der Waals surface area contributed by atoms with Gasteiger partial charge in [-0.15, -0.1) is 0 Å². The first kappa shape index (κ1) is 16.9. The maximum atomic E-state index is 12.0. The van der Waals surface area contributed by atoms with E-state index < -0.39 is 0 Å². The molecule has 2 N–H and O–H groups in total. The quantitative estimate of drug-likeness (QED) is 0.673. The van der Waals surface area contributed by atoms with Crippen molar-refractivity contribution in [2.24, 2.45) is 0 Å². The Morgan fingerprint density at radius 2 is 1.96 bits per heavy atom. The second-order valence-electron chi connectivity index (χ2n) is 5.85. The number of fused-ring (bicyclic) bond motifs is 1. The number of amides is 1. The van der Waals surface area contributed by atoms with Crippen molar-refractivity contribution in [3.8, 4) is 0 Å². The molecule has 0 aromatic carbocycles. The van der Waals surface area contributed by atoms with Crippen molar-refractivity contribution < 1.29 is 4.79 Å². The van der Waals surface area contributed by atoms with Gasteiger partial charge >= 0.3 is 0 Å². The summed E-state index contributed by atoms with van der Waals surface area (Å²) in [6, 6.07) is 5.39. The predicted molar refractivity (Wildman–Crippen MR) is 96.9 cm³/mol. The molecule has 0 atom stereocenters. The third-order valence-electron chi connectivity index (χ3n) is 4.13. The van der Waals surface area contributed by atoms with Crippen LogP contribution in [0.4, 0.5) is 5.82 Å². The van der Waals surface area contributed by atoms with Crippen LogP contribution in [0.3, 0.4) is 0 Å². The zero-order valence-corrected chi connectivity index (χ0v) is 14.7. The van der Waals surface area contributed by atoms with E-state index in [1.165, 1.54) is 0 Å². The van der Waals surface area contributed by atoms with E-state index in [4.69, 9.17) is 0 Å². The standard InChI is InChI=1S/C18H22N6O/c1-4-15-11-16(24-17(22-15)12(2)13(3)23-24)20-9-10-21-18(25)14-5-7-19-8-6-14/h5-8,11,20H,4,9-10H2,1-3H3,(H,21,25). The molecular formula is C18H22N6O. The number of carbonyl (C=O) groups excluding carboxylic acids is 1. The number of pyridine rings is 1. The van der Waals surface area contributed by atoms with Crippen LogP contribution < -0.4 is 10.6 Å². The van der Waals surface area contributed by atoms with Crippen LogP contribution in [0.2, 0.25) is 0 Å². The van der Waals surface area contributed by atoms with Crippen LogP contribution >= 0.6 is 0 Å². The van der Waals surface area contributed by atoms with Crippen molar-refractivity contribution in [2.45, 2.75) is 27.2 Å². The zero-order chi connectivity index (χ0) is 17.8. The first-order chi connectivity index (χ1) is 12.1. The van der Waals surface area contributed by atoms with Gasteiger partial charge in [-0.25, -0.2) is 4.98 Å². The molecule has 3 rings (SSSR count). The average molecular weight is 338 g/mol. The molecule has 3 aromatic heterocycles.